The van der Waals surface area contributed by atoms with E-state index in [0.717, 1.165) is 25.5 Å². The molecule has 0 aromatic heterocycles. The van der Waals surface area contributed by atoms with Crippen molar-refractivity contribution >= 4 is 0 Å². The number of hydrogen-bond acceptors (Lipinski definition) is 3. The van der Waals surface area contributed by atoms with Gasteiger partial charge in [-0.15, -0.1) is 0 Å². The van der Waals surface area contributed by atoms with Crippen LogP contribution in [-0.4, -0.2) is 22.8 Å². The predicted octanol–water partition coefficient (Wildman–Crippen LogP) is 2.41. The van der Waals surface area contributed by atoms with E-state index in [1.165, 1.54) is 0 Å². The first-order valence-electron chi connectivity index (χ1n) is 5.73. The van der Waals surface area contributed by atoms with E-state index in [9.17, 15) is 23.4 Å². The van der Waals surface area contributed by atoms with Gasteiger partial charge in [-0.05, 0) is 43.5 Å². The van der Waals surface area contributed by atoms with Gasteiger partial charge in [-0.1, -0.05) is 0 Å². The highest BCUT2D eigenvalue weighted by Crippen LogP contribution is 2.38. The fourth-order valence-corrected chi connectivity index (χ4v) is 2.25. The number of rotatable bonds is 2. The second-order valence-corrected chi connectivity index (χ2v) is 4.49. The van der Waals surface area contributed by atoms with E-state index >= 15 is 0 Å². The maximum absolute atomic E-state index is 12.8. The monoisotopic (exact) mass is 261 g/mol. The Hall–Kier alpha value is -1.43. The van der Waals surface area contributed by atoms with Gasteiger partial charge < -0.3 is 15.5 Å². The van der Waals surface area contributed by atoms with Gasteiger partial charge in [0, 0.05) is 6.04 Å². The van der Waals surface area contributed by atoms with Crippen LogP contribution in [0.25, 0.3) is 0 Å². The van der Waals surface area contributed by atoms with Gasteiger partial charge in [0.15, 0.2) is 11.5 Å². The summed E-state index contributed by atoms with van der Waals surface area (Å²) in [4.78, 5) is 0. The first kappa shape index (κ1) is 13.0. The van der Waals surface area contributed by atoms with Gasteiger partial charge in [0.1, 0.15) is 0 Å². The predicted molar refractivity (Wildman–Crippen MR) is 59.5 cm³/mol. The average molecular weight is 261 g/mol. The van der Waals surface area contributed by atoms with E-state index in [0.29, 0.717) is 6.07 Å². The van der Waals surface area contributed by atoms with Crippen molar-refractivity contribution in [3.8, 4) is 11.5 Å². The molecular weight excluding hydrogens is 247 g/mol. The lowest BCUT2D eigenvalue weighted by Gasteiger charge is -2.17. The molecule has 1 aromatic carbocycles. The van der Waals surface area contributed by atoms with Crippen LogP contribution in [-0.2, 0) is 12.6 Å². The van der Waals surface area contributed by atoms with Gasteiger partial charge in [0.2, 0.25) is 0 Å². The number of hydrogen-bond donors (Lipinski definition) is 3. The molecule has 1 heterocycles. The molecule has 1 aromatic rings. The minimum atomic E-state index is -4.53. The van der Waals surface area contributed by atoms with Gasteiger partial charge >= 0.3 is 6.18 Å². The molecule has 18 heavy (non-hydrogen) atoms. The summed E-state index contributed by atoms with van der Waals surface area (Å²) in [7, 11) is 0. The van der Waals surface area contributed by atoms with Crippen molar-refractivity contribution in [2.45, 2.75) is 31.5 Å². The van der Waals surface area contributed by atoms with Crippen LogP contribution in [0.3, 0.4) is 0 Å². The van der Waals surface area contributed by atoms with Crippen LogP contribution >= 0.6 is 0 Å². The van der Waals surface area contributed by atoms with Crippen LogP contribution in [0.4, 0.5) is 13.2 Å². The lowest BCUT2D eigenvalue weighted by atomic mass is 9.98. The number of phenols is 2. The Bertz CT molecular complexity index is 440. The number of aromatic hydroxyl groups is 2. The first-order chi connectivity index (χ1) is 8.38. The SMILES string of the molecule is Oc1cc(CC2CCCN2)c(C(F)(F)F)cc1O. The molecule has 3 nitrogen and oxygen atoms in total. The van der Waals surface area contributed by atoms with E-state index < -0.39 is 23.2 Å². The minimum absolute atomic E-state index is 0.00459. The Morgan fingerprint density at radius 3 is 2.44 bits per heavy atom. The van der Waals surface area contributed by atoms with Crippen LogP contribution in [0, 0.1) is 0 Å². The number of halogens is 3. The fraction of sp³-hybridized carbons (Fsp3) is 0.500. The highest BCUT2D eigenvalue weighted by atomic mass is 19.4. The van der Waals surface area contributed by atoms with E-state index in [1.54, 1.807) is 0 Å². The molecule has 1 saturated heterocycles. The first-order valence-corrected chi connectivity index (χ1v) is 5.73. The normalized spacial score (nSPS) is 20.3. The number of alkyl halides is 3. The maximum Gasteiger partial charge on any atom is 0.416 e. The Labute approximate surface area is 102 Å². The second kappa shape index (κ2) is 4.68. The number of phenolic OH excluding ortho intramolecular Hbond substituents is 2. The molecule has 1 aliphatic heterocycles. The summed E-state index contributed by atoms with van der Waals surface area (Å²) in [5.74, 6) is -1.26. The summed E-state index contributed by atoms with van der Waals surface area (Å²) in [6.45, 7) is 0.802. The molecule has 0 amide bonds. The lowest BCUT2D eigenvalue weighted by Crippen LogP contribution is -2.25. The molecule has 1 fully saturated rings. The molecule has 0 aliphatic carbocycles. The van der Waals surface area contributed by atoms with Gasteiger partial charge in [0.25, 0.3) is 0 Å². The molecule has 1 unspecified atom stereocenters. The van der Waals surface area contributed by atoms with Crippen LogP contribution in [0.1, 0.15) is 24.0 Å². The molecule has 6 heteroatoms. The third-order valence-corrected chi connectivity index (χ3v) is 3.13. The van der Waals surface area contributed by atoms with Gasteiger partial charge in [-0.3, -0.25) is 0 Å². The Balaban J connectivity index is 2.34. The zero-order chi connectivity index (χ0) is 13.3. The summed E-state index contributed by atoms with van der Waals surface area (Å²) in [5.41, 5.74) is -0.872. The Morgan fingerprint density at radius 2 is 1.89 bits per heavy atom. The molecule has 1 atom stereocenters. The largest absolute Gasteiger partial charge is 0.504 e. The zero-order valence-electron chi connectivity index (χ0n) is 9.59. The quantitative estimate of drug-likeness (QED) is 0.717. The summed E-state index contributed by atoms with van der Waals surface area (Å²) in [5, 5.41) is 21.6. The maximum atomic E-state index is 12.8. The van der Waals surface area contributed by atoms with Crippen LogP contribution in [0.2, 0.25) is 0 Å². The molecule has 3 N–H and O–H groups in total. The van der Waals surface area contributed by atoms with E-state index in [4.69, 9.17) is 0 Å². The van der Waals surface area contributed by atoms with Crippen molar-refractivity contribution in [2.75, 3.05) is 6.54 Å². The van der Waals surface area contributed by atoms with Crippen LogP contribution in [0.15, 0.2) is 12.1 Å². The van der Waals surface area contributed by atoms with E-state index in [2.05, 4.69) is 5.32 Å². The number of nitrogens with one attached hydrogen (secondary N) is 1. The van der Waals surface area contributed by atoms with E-state index in [-0.39, 0.29) is 18.0 Å². The fourth-order valence-electron chi connectivity index (χ4n) is 2.25. The molecule has 0 spiro atoms. The van der Waals surface area contributed by atoms with Crippen molar-refractivity contribution in [1.29, 1.82) is 0 Å². The van der Waals surface area contributed by atoms with Crippen molar-refractivity contribution in [3.05, 3.63) is 23.3 Å². The average Bonchev–Trinajstić information content (AvgIpc) is 2.74. The molecular formula is C12H14F3NO2. The standard InChI is InChI=1S/C12H14F3NO2/c13-12(14,15)9-6-11(18)10(17)5-7(9)4-8-2-1-3-16-8/h5-6,8,16-18H,1-4H2. The Kier molecular flexibility index (Phi) is 3.38. The molecule has 0 bridgehead atoms. The lowest BCUT2D eigenvalue weighted by molar-refractivity contribution is -0.138. The summed E-state index contributed by atoms with van der Waals surface area (Å²) < 4.78 is 38.5. The summed E-state index contributed by atoms with van der Waals surface area (Å²) in [6.07, 6.45) is -2.57. The molecule has 0 saturated carbocycles. The molecule has 1 aliphatic rings. The minimum Gasteiger partial charge on any atom is -0.504 e. The van der Waals surface area contributed by atoms with Crippen molar-refractivity contribution in [1.82, 2.24) is 5.32 Å². The van der Waals surface area contributed by atoms with Gasteiger partial charge in [0.05, 0.1) is 5.56 Å². The molecule has 0 radical (unpaired) electrons. The number of benzene rings is 1. The summed E-state index contributed by atoms with van der Waals surface area (Å²) >= 11 is 0. The van der Waals surface area contributed by atoms with Gasteiger partial charge in [-0.25, -0.2) is 0 Å². The van der Waals surface area contributed by atoms with Gasteiger partial charge in [-0.2, -0.15) is 13.2 Å². The van der Waals surface area contributed by atoms with Crippen molar-refractivity contribution in [3.63, 3.8) is 0 Å². The summed E-state index contributed by atoms with van der Waals surface area (Å²) in [6, 6.07) is 1.58. The Morgan fingerprint density at radius 1 is 1.22 bits per heavy atom. The third-order valence-electron chi connectivity index (χ3n) is 3.13. The van der Waals surface area contributed by atoms with Crippen molar-refractivity contribution in [2.24, 2.45) is 0 Å². The van der Waals surface area contributed by atoms with Crippen molar-refractivity contribution < 1.29 is 23.4 Å². The zero-order valence-corrected chi connectivity index (χ0v) is 9.59. The molecule has 2 rings (SSSR count). The second-order valence-electron chi connectivity index (χ2n) is 4.49. The van der Waals surface area contributed by atoms with Crippen LogP contribution in [0.5, 0.6) is 11.5 Å². The van der Waals surface area contributed by atoms with E-state index in [1.807, 2.05) is 0 Å². The smallest absolute Gasteiger partial charge is 0.416 e. The highest BCUT2D eigenvalue weighted by molar-refractivity contribution is 5.47. The third kappa shape index (κ3) is 2.69. The molecule has 100 valence electrons. The highest BCUT2D eigenvalue weighted by Gasteiger charge is 2.35. The topological polar surface area (TPSA) is 52.5 Å². The van der Waals surface area contributed by atoms with Crippen LogP contribution < -0.4 is 5.32 Å².